The molecule has 0 spiro atoms. The molecule has 11 rings (SSSR count). The van der Waals surface area contributed by atoms with Crippen LogP contribution < -0.4 is 0 Å². The Morgan fingerprint density at radius 1 is 0.377 bits per heavy atom. The minimum atomic E-state index is -0.0648. The summed E-state index contributed by atoms with van der Waals surface area (Å²) in [5, 5.41) is 9.50. The molecule has 0 unspecified atom stereocenters. The van der Waals surface area contributed by atoms with Crippen LogP contribution in [0.5, 0.6) is 0 Å². The fourth-order valence-corrected chi connectivity index (χ4v) is 9.03. The van der Waals surface area contributed by atoms with E-state index in [1.54, 1.807) is 0 Å². The van der Waals surface area contributed by atoms with Crippen LogP contribution in [-0.4, -0.2) is 9.97 Å². The van der Waals surface area contributed by atoms with Crippen molar-refractivity contribution >= 4 is 54.1 Å². The molecule has 1 aliphatic rings. The van der Waals surface area contributed by atoms with Crippen molar-refractivity contribution in [2.75, 3.05) is 0 Å². The summed E-state index contributed by atoms with van der Waals surface area (Å²) in [5.74, 6) is 0. The normalized spacial score (nSPS) is 13.2. The smallest absolute Gasteiger partial charge is 0.0979 e. The third kappa shape index (κ3) is 4.45. The Hall–Kier alpha value is -6.64. The predicted octanol–water partition coefficient (Wildman–Crippen LogP) is 13.5. The number of nitrogens with zero attached hydrogens (tertiary/aromatic N) is 2. The molecule has 248 valence electrons. The van der Waals surface area contributed by atoms with Gasteiger partial charge in [-0.1, -0.05) is 147 Å². The Kier molecular flexibility index (Phi) is 6.33. The van der Waals surface area contributed by atoms with Crippen molar-refractivity contribution in [1.82, 2.24) is 9.97 Å². The lowest BCUT2D eigenvalue weighted by Crippen LogP contribution is -2.14. The molecular formula is C51H34N2. The number of aromatic nitrogens is 2. The average molecular weight is 675 g/mol. The maximum absolute atomic E-state index is 5.39. The molecule has 0 fully saturated rings. The van der Waals surface area contributed by atoms with Crippen molar-refractivity contribution in [2.24, 2.45) is 0 Å². The highest BCUT2D eigenvalue weighted by molar-refractivity contribution is 6.23. The Balaban J connectivity index is 1.13. The van der Waals surface area contributed by atoms with Gasteiger partial charge in [0.15, 0.2) is 0 Å². The van der Waals surface area contributed by atoms with Gasteiger partial charge in [0.2, 0.25) is 0 Å². The molecule has 2 nitrogen and oxygen atoms in total. The molecule has 0 amide bonds. The quantitative estimate of drug-likeness (QED) is 0.174. The zero-order valence-electron chi connectivity index (χ0n) is 29.6. The van der Waals surface area contributed by atoms with E-state index < -0.39 is 0 Å². The minimum absolute atomic E-state index is 0.0648. The maximum Gasteiger partial charge on any atom is 0.0979 e. The number of hydrogen-bond donors (Lipinski definition) is 0. The van der Waals surface area contributed by atoms with Gasteiger partial charge in [-0.05, 0) is 107 Å². The summed E-state index contributed by atoms with van der Waals surface area (Å²) >= 11 is 0. The van der Waals surface area contributed by atoms with Gasteiger partial charge in [-0.25, -0.2) is 4.98 Å². The van der Waals surface area contributed by atoms with E-state index in [2.05, 4.69) is 178 Å². The van der Waals surface area contributed by atoms with E-state index in [4.69, 9.17) is 9.97 Å². The molecule has 0 radical (unpaired) electrons. The zero-order valence-corrected chi connectivity index (χ0v) is 29.6. The lowest BCUT2D eigenvalue weighted by Gasteiger charge is -2.22. The molecule has 1 heterocycles. The monoisotopic (exact) mass is 674 g/mol. The Morgan fingerprint density at radius 3 is 1.60 bits per heavy atom. The minimum Gasteiger partial charge on any atom is -0.252 e. The first kappa shape index (κ1) is 30.0. The third-order valence-electron chi connectivity index (χ3n) is 11.7. The summed E-state index contributed by atoms with van der Waals surface area (Å²) in [6, 6.07) is 59.9. The molecule has 0 saturated carbocycles. The van der Waals surface area contributed by atoms with E-state index in [0.717, 1.165) is 33.1 Å². The number of hydrogen-bond acceptors (Lipinski definition) is 2. The van der Waals surface area contributed by atoms with Crippen molar-refractivity contribution < 1.29 is 0 Å². The van der Waals surface area contributed by atoms with Gasteiger partial charge in [0, 0.05) is 21.8 Å². The van der Waals surface area contributed by atoms with Crippen LogP contribution in [-0.2, 0) is 5.41 Å². The Bertz CT molecular complexity index is 3120. The second kappa shape index (κ2) is 11.2. The second-order valence-corrected chi connectivity index (χ2v) is 15.0. The highest BCUT2D eigenvalue weighted by atomic mass is 14.8. The fourth-order valence-electron chi connectivity index (χ4n) is 9.03. The van der Waals surface area contributed by atoms with Crippen LogP contribution in [0.2, 0.25) is 0 Å². The first-order valence-electron chi connectivity index (χ1n) is 18.4. The zero-order chi connectivity index (χ0) is 35.3. The topological polar surface area (TPSA) is 25.8 Å². The summed E-state index contributed by atoms with van der Waals surface area (Å²) in [7, 11) is 0. The van der Waals surface area contributed by atoms with Gasteiger partial charge in [-0.3, -0.25) is 4.98 Å². The predicted molar refractivity (Wildman–Crippen MR) is 223 cm³/mol. The van der Waals surface area contributed by atoms with Crippen molar-refractivity contribution in [1.29, 1.82) is 0 Å². The molecule has 1 aromatic heterocycles. The van der Waals surface area contributed by atoms with E-state index in [1.807, 2.05) is 6.20 Å². The van der Waals surface area contributed by atoms with E-state index >= 15 is 0 Å². The van der Waals surface area contributed by atoms with Gasteiger partial charge in [0.25, 0.3) is 0 Å². The van der Waals surface area contributed by atoms with Gasteiger partial charge >= 0.3 is 0 Å². The molecule has 9 aromatic carbocycles. The van der Waals surface area contributed by atoms with Crippen molar-refractivity contribution in [3.63, 3.8) is 0 Å². The standard InChI is InChI=1S/C51H34N2/c1-51(2)46-22-12-11-19-40(46)41-24-23-31(29-47(41)51)34-25-32-13-3-5-15-36(32)44(27-34)45-28-35(26-33-14-4-6-16-37(33)45)48-30-52-49-42-20-9-7-17-38(42)39-18-8-10-21-43(39)50(49)53-48/h3-30H,1-2H3. The van der Waals surface area contributed by atoms with Gasteiger partial charge in [0.05, 0.1) is 22.9 Å². The number of fused-ring (bicyclic) bond motifs is 11. The lowest BCUT2D eigenvalue weighted by atomic mass is 9.81. The summed E-state index contributed by atoms with van der Waals surface area (Å²) < 4.78 is 0. The summed E-state index contributed by atoms with van der Waals surface area (Å²) in [5.41, 5.74) is 14.0. The first-order valence-corrected chi connectivity index (χ1v) is 18.4. The van der Waals surface area contributed by atoms with Crippen LogP contribution >= 0.6 is 0 Å². The van der Waals surface area contributed by atoms with E-state index in [0.29, 0.717) is 0 Å². The van der Waals surface area contributed by atoms with Gasteiger partial charge in [-0.2, -0.15) is 0 Å². The molecule has 53 heavy (non-hydrogen) atoms. The molecule has 10 aromatic rings. The Labute approximate surface area is 308 Å². The molecule has 1 aliphatic carbocycles. The van der Waals surface area contributed by atoms with Gasteiger partial charge in [0.1, 0.15) is 0 Å². The molecule has 0 atom stereocenters. The van der Waals surface area contributed by atoms with E-state index in [9.17, 15) is 0 Å². The highest BCUT2D eigenvalue weighted by Crippen LogP contribution is 2.50. The van der Waals surface area contributed by atoms with Crippen LogP contribution in [0.1, 0.15) is 25.0 Å². The highest BCUT2D eigenvalue weighted by Gasteiger charge is 2.35. The largest absolute Gasteiger partial charge is 0.252 e. The van der Waals surface area contributed by atoms with Crippen LogP contribution in [0.4, 0.5) is 0 Å². The lowest BCUT2D eigenvalue weighted by molar-refractivity contribution is 0.660. The van der Waals surface area contributed by atoms with E-state index in [1.165, 1.54) is 76.8 Å². The summed E-state index contributed by atoms with van der Waals surface area (Å²) in [4.78, 5) is 10.5. The molecule has 2 heteroatoms. The van der Waals surface area contributed by atoms with Crippen molar-refractivity contribution in [3.05, 3.63) is 181 Å². The van der Waals surface area contributed by atoms with Gasteiger partial charge < -0.3 is 0 Å². The number of rotatable bonds is 3. The molecule has 0 N–H and O–H groups in total. The molecule has 0 bridgehead atoms. The van der Waals surface area contributed by atoms with Gasteiger partial charge in [-0.15, -0.1) is 0 Å². The van der Waals surface area contributed by atoms with Crippen LogP contribution in [0.25, 0.3) is 98.8 Å². The van der Waals surface area contributed by atoms with Crippen LogP contribution in [0, 0.1) is 0 Å². The molecular weight excluding hydrogens is 641 g/mol. The van der Waals surface area contributed by atoms with Crippen LogP contribution in [0.3, 0.4) is 0 Å². The average Bonchev–Trinajstić information content (AvgIpc) is 3.45. The molecule has 0 aliphatic heterocycles. The van der Waals surface area contributed by atoms with Crippen LogP contribution in [0.15, 0.2) is 170 Å². The molecule has 0 saturated heterocycles. The number of benzene rings is 9. The summed E-state index contributed by atoms with van der Waals surface area (Å²) in [6.07, 6.45) is 1.95. The SMILES string of the molecule is CC1(C)c2ccccc2-c2ccc(-c3cc(-c4cc(-c5cnc6c7ccccc7c7ccccc7c6n5)cc5ccccc45)c4ccccc4c3)cc21. The van der Waals surface area contributed by atoms with E-state index in [-0.39, 0.29) is 5.41 Å². The maximum atomic E-state index is 5.39. The summed E-state index contributed by atoms with van der Waals surface area (Å²) in [6.45, 7) is 4.71. The van der Waals surface area contributed by atoms with Crippen molar-refractivity contribution in [3.8, 4) is 44.6 Å². The Morgan fingerprint density at radius 2 is 0.906 bits per heavy atom. The van der Waals surface area contributed by atoms with Crippen molar-refractivity contribution in [2.45, 2.75) is 19.3 Å². The first-order chi connectivity index (χ1) is 26.0. The second-order valence-electron chi connectivity index (χ2n) is 15.0. The fraction of sp³-hybridized carbons (Fsp3) is 0.0588. The third-order valence-corrected chi connectivity index (χ3v) is 11.7.